The molecule has 0 aromatic heterocycles. The van der Waals surface area contributed by atoms with E-state index in [0.717, 1.165) is 58.7 Å². The largest absolute Gasteiger partial charge is 0.492 e. The molecule has 2 aliphatic heterocycles. The highest BCUT2D eigenvalue weighted by Crippen LogP contribution is 2.50. The molecule has 2 aliphatic rings. The highest BCUT2D eigenvalue weighted by molar-refractivity contribution is 6.16. The smallest absolute Gasteiger partial charge is 0.207 e. The van der Waals surface area contributed by atoms with E-state index in [9.17, 15) is 4.79 Å². The van der Waals surface area contributed by atoms with E-state index in [1.807, 2.05) is 18.2 Å². The normalized spacial score (nSPS) is 18.2. The van der Waals surface area contributed by atoms with Crippen LogP contribution in [-0.2, 0) is 24.2 Å². The lowest BCUT2D eigenvalue weighted by molar-refractivity contribution is -0.109. The number of carbonyl (C=O) groups excluding carboxylic acids is 1. The van der Waals surface area contributed by atoms with Crippen molar-refractivity contribution in [2.45, 2.75) is 58.2 Å². The van der Waals surface area contributed by atoms with Crippen molar-refractivity contribution in [3.63, 3.8) is 0 Å². The van der Waals surface area contributed by atoms with Crippen LogP contribution in [0.3, 0.4) is 0 Å². The van der Waals surface area contributed by atoms with Crippen molar-refractivity contribution in [2.75, 3.05) is 7.11 Å². The van der Waals surface area contributed by atoms with Crippen molar-refractivity contribution in [1.29, 1.82) is 0 Å². The van der Waals surface area contributed by atoms with Gasteiger partial charge in [-0.2, -0.15) is 0 Å². The molecule has 5 heteroatoms. The summed E-state index contributed by atoms with van der Waals surface area (Å²) in [5.41, 5.74) is 5.95. The number of rotatable bonds is 5. The van der Waals surface area contributed by atoms with E-state index < -0.39 is 0 Å². The minimum Gasteiger partial charge on any atom is -0.492 e. The van der Waals surface area contributed by atoms with E-state index in [2.05, 4.69) is 45.1 Å². The van der Waals surface area contributed by atoms with E-state index in [1.54, 1.807) is 7.11 Å². The number of hydrogen-bond acceptors (Lipinski definition) is 4. The second-order valence-corrected chi connectivity index (χ2v) is 9.03. The zero-order chi connectivity index (χ0) is 20.8. The summed E-state index contributed by atoms with van der Waals surface area (Å²) in [5.74, 6) is 1.51. The van der Waals surface area contributed by atoms with Crippen LogP contribution >= 0.6 is 0 Å². The highest BCUT2D eigenvalue weighted by Gasteiger charge is 2.41. The quantitative estimate of drug-likeness (QED) is 0.787. The lowest BCUT2D eigenvalue weighted by atomic mass is 9.78. The number of ether oxygens (including phenoxy) is 2. The third kappa shape index (κ3) is 3.39. The zero-order valence-corrected chi connectivity index (χ0v) is 17.8. The van der Waals surface area contributed by atoms with Crippen LogP contribution in [0.15, 0.2) is 35.3 Å². The molecular weight excluding hydrogens is 364 g/mol. The molecule has 29 heavy (non-hydrogen) atoms. The van der Waals surface area contributed by atoms with Crippen LogP contribution in [0.1, 0.15) is 55.5 Å². The summed E-state index contributed by atoms with van der Waals surface area (Å²) in [6.07, 6.45) is 2.29. The Morgan fingerprint density at radius 2 is 1.86 bits per heavy atom. The lowest BCUT2D eigenvalue weighted by Crippen LogP contribution is -2.32. The molecule has 2 heterocycles. The molecule has 0 unspecified atom stereocenters. The van der Waals surface area contributed by atoms with E-state index in [0.29, 0.717) is 6.54 Å². The number of methoxy groups -OCH3 is 1. The molecule has 4 rings (SSSR count). The van der Waals surface area contributed by atoms with Gasteiger partial charge < -0.3 is 14.8 Å². The molecular formula is C24H28N2O3. The Labute approximate surface area is 172 Å². The Morgan fingerprint density at radius 1 is 1.14 bits per heavy atom. The predicted octanol–water partition coefficient (Wildman–Crippen LogP) is 3.83. The Bertz CT molecular complexity index is 991. The van der Waals surface area contributed by atoms with Gasteiger partial charge in [-0.1, -0.05) is 30.3 Å². The van der Waals surface area contributed by atoms with Gasteiger partial charge in [-0.3, -0.25) is 9.79 Å². The third-order valence-corrected chi connectivity index (χ3v) is 5.58. The molecule has 0 aliphatic carbocycles. The first-order chi connectivity index (χ1) is 13.8. The summed E-state index contributed by atoms with van der Waals surface area (Å²) < 4.78 is 12.2. The van der Waals surface area contributed by atoms with E-state index >= 15 is 0 Å². The molecule has 152 valence electrons. The molecule has 2 aromatic carbocycles. The van der Waals surface area contributed by atoms with E-state index in [4.69, 9.17) is 14.5 Å². The first-order valence-corrected chi connectivity index (χ1v) is 10.0. The van der Waals surface area contributed by atoms with Crippen LogP contribution in [-0.4, -0.2) is 30.4 Å². The standard InChI is InChI=1S/C24H28N2O3/c1-23(2)11-16-18(13-25-14-27)21(28-5)22-17(12-24(3,4)29-22)19(16)20(26-23)15-9-7-6-8-10-15/h6-10,14H,11-13H2,1-5H3,(H,25,27). The maximum absolute atomic E-state index is 11.1. The fourth-order valence-corrected chi connectivity index (χ4v) is 4.54. The van der Waals surface area contributed by atoms with Gasteiger partial charge in [-0.25, -0.2) is 0 Å². The molecule has 2 aromatic rings. The molecule has 5 nitrogen and oxygen atoms in total. The van der Waals surface area contributed by atoms with Gasteiger partial charge in [0.05, 0.1) is 18.4 Å². The first kappa shape index (κ1) is 19.5. The summed E-state index contributed by atoms with van der Waals surface area (Å²) in [7, 11) is 1.67. The van der Waals surface area contributed by atoms with Crippen molar-refractivity contribution in [3.8, 4) is 11.5 Å². The van der Waals surface area contributed by atoms with E-state index in [1.165, 1.54) is 5.56 Å². The average molecular weight is 392 g/mol. The van der Waals surface area contributed by atoms with Crippen LogP contribution in [0.25, 0.3) is 0 Å². The third-order valence-electron chi connectivity index (χ3n) is 5.58. The SMILES string of the molecule is COc1c(CNC=O)c2c(c3c1OC(C)(C)C3)C(c1ccccc1)=NC(C)(C)C2. The molecule has 0 fully saturated rings. The number of hydrogen-bond donors (Lipinski definition) is 1. The Kier molecular flexibility index (Phi) is 4.64. The van der Waals surface area contributed by atoms with Gasteiger partial charge in [0.15, 0.2) is 11.5 Å². The molecule has 1 amide bonds. The minimum absolute atomic E-state index is 0.262. The van der Waals surface area contributed by atoms with Crippen molar-refractivity contribution in [3.05, 3.63) is 58.1 Å². The molecule has 0 saturated heterocycles. The van der Waals surface area contributed by atoms with Crippen molar-refractivity contribution >= 4 is 12.1 Å². The maximum atomic E-state index is 11.1. The minimum atomic E-state index is -0.325. The van der Waals surface area contributed by atoms with Crippen molar-refractivity contribution in [1.82, 2.24) is 5.32 Å². The van der Waals surface area contributed by atoms with Gasteiger partial charge in [0.25, 0.3) is 0 Å². The maximum Gasteiger partial charge on any atom is 0.207 e. The molecule has 0 radical (unpaired) electrons. The van der Waals surface area contributed by atoms with Crippen LogP contribution in [0, 0.1) is 0 Å². The summed E-state index contributed by atoms with van der Waals surface area (Å²) in [6.45, 7) is 8.87. The fraction of sp³-hybridized carbons (Fsp3) is 0.417. The summed E-state index contributed by atoms with van der Waals surface area (Å²) in [5, 5.41) is 2.83. The summed E-state index contributed by atoms with van der Waals surface area (Å²) >= 11 is 0. The number of nitrogens with zero attached hydrogens (tertiary/aromatic N) is 1. The topological polar surface area (TPSA) is 59.9 Å². The zero-order valence-electron chi connectivity index (χ0n) is 17.8. The van der Waals surface area contributed by atoms with Crippen LogP contribution in [0.4, 0.5) is 0 Å². The number of fused-ring (bicyclic) bond motifs is 3. The van der Waals surface area contributed by atoms with Gasteiger partial charge in [0.1, 0.15) is 5.60 Å². The van der Waals surface area contributed by atoms with Gasteiger partial charge in [-0.05, 0) is 39.7 Å². The van der Waals surface area contributed by atoms with Crippen LogP contribution in [0.2, 0.25) is 0 Å². The molecule has 0 bridgehead atoms. The summed E-state index contributed by atoms with van der Waals surface area (Å²) in [6, 6.07) is 10.3. The van der Waals surface area contributed by atoms with Gasteiger partial charge in [0, 0.05) is 35.2 Å². The second-order valence-electron chi connectivity index (χ2n) is 9.03. The summed E-state index contributed by atoms with van der Waals surface area (Å²) in [4.78, 5) is 16.2. The highest BCUT2D eigenvalue weighted by atomic mass is 16.5. The number of aliphatic imine (C=N–C) groups is 1. The van der Waals surface area contributed by atoms with Crippen molar-refractivity contribution in [2.24, 2.45) is 4.99 Å². The number of amides is 1. The number of carbonyl (C=O) groups is 1. The predicted molar refractivity (Wildman–Crippen MR) is 114 cm³/mol. The van der Waals surface area contributed by atoms with Gasteiger partial charge >= 0.3 is 0 Å². The number of nitrogens with one attached hydrogen (secondary N) is 1. The monoisotopic (exact) mass is 392 g/mol. The van der Waals surface area contributed by atoms with Gasteiger partial charge in [0.2, 0.25) is 6.41 Å². The van der Waals surface area contributed by atoms with E-state index in [-0.39, 0.29) is 11.1 Å². The Morgan fingerprint density at radius 3 is 2.52 bits per heavy atom. The molecule has 0 atom stereocenters. The Balaban J connectivity index is 2.05. The average Bonchev–Trinajstić information content (AvgIpc) is 2.99. The molecule has 1 N–H and O–H groups in total. The van der Waals surface area contributed by atoms with Crippen LogP contribution in [0.5, 0.6) is 11.5 Å². The van der Waals surface area contributed by atoms with Gasteiger partial charge in [-0.15, -0.1) is 0 Å². The first-order valence-electron chi connectivity index (χ1n) is 10.0. The Hall–Kier alpha value is -2.82. The molecule has 0 saturated carbocycles. The second kappa shape index (κ2) is 6.90. The lowest BCUT2D eigenvalue weighted by Gasteiger charge is -2.33. The fourth-order valence-electron chi connectivity index (χ4n) is 4.54. The van der Waals surface area contributed by atoms with Crippen molar-refractivity contribution < 1.29 is 14.3 Å². The molecule has 0 spiro atoms. The van der Waals surface area contributed by atoms with Crippen LogP contribution < -0.4 is 14.8 Å². The number of benzene rings is 2.